The second-order valence-corrected chi connectivity index (χ2v) is 4.99. The van der Waals surface area contributed by atoms with Gasteiger partial charge in [-0.25, -0.2) is 0 Å². The minimum absolute atomic E-state index is 0.309. The summed E-state index contributed by atoms with van der Waals surface area (Å²) in [4.78, 5) is 4.42. The van der Waals surface area contributed by atoms with Crippen molar-refractivity contribution in [3.05, 3.63) is 24.0 Å². The van der Waals surface area contributed by atoms with E-state index in [1.165, 1.54) is 0 Å². The fourth-order valence-corrected chi connectivity index (χ4v) is 1.78. The summed E-state index contributed by atoms with van der Waals surface area (Å²) in [6.45, 7) is 8.37. The summed E-state index contributed by atoms with van der Waals surface area (Å²) in [5.74, 6) is 1.36. The first-order valence-electron chi connectivity index (χ1n) is 7.01. The first-order chi connectivity index (χ1) is 9.17. The summed E-state index contributed by atoms with van der Waals surface area (Å²) in [6.07, 6.45) is 2.80. The minimum atomic E-state index is 0.309. The molecule has 0 aliphatic carbocycles. The number of hydrogen-bond acceptors (Lipinski definition) is 4. The quantitative estimate of drug-likeness (QED) is 0.698. The molecule has 0 radical (unpaired) electrons. The standard InChI is InChI=1S/C15H26N2O2/c1-5-14(16-4)15-7-6-13(10-17-15)19-9-8-18-11-12(2)3/h6-7,10,12,14,16H,5,8-9,11H2,1-4H3. The topological polar surface area (TPSA) is 43.4 Å². The zero-order valence-electron chi connectivity index (χ0n) is 12.5. The van der Waals surface area contributed by atoms with Crippen LogP contribution in [-0.4, -0.2) is 31.9 Å². The van der Waals surface area contributed by atoms with Crippen LogP contribution in [0.3, 0.4) is 0 Å². The highest BCUT2D eigenvalue weighted by atomic mass is 16.5. The zero-order valence-corrected chi connectivity index (χ0v) is 12.5. The Balaban J connectivity index is 2.32. The Labute approximate surface area is 116 Å². The van der Waals surface area contributed by atoms with Crippen molar-refractivity contribution in [2.75, 3.05) is 26.9 Å². The number of hydrogen-bond donors (Lipinski definition) is 1. The molecule has 1 heterocycles. The van der Waals surface area contributed by atoms with Crippen LogP contribution in [0.1, 0.15) is 38.9 Å². The molecule has 0 amide bonds. The van der Waals surface area contributed by atoms with Crippen LogP contribution < -0.4 is 10.1 Å². The van der Waals surface area contributed by atoms with E-state index in [1.54, 1.807) is 6.20 Å². The van der Waals surface area contributed by atoms with Crippen LogP contribution in [0.4, 0.5) is 0 Å². The number of nitrogens with one attached hydrogen (secondary N) is 1. The lowest BCUT2D eigenvalue weighted by atomic mass is 10.1. The zero-order chi connectivity index (χ0) is 14.1. The maximum Gasteiger partial charge on any atom is 0.137 e. The summed E-state index contributed by atoms with van der Waals surface area (Å²) in [7, 11) is 1.95. The van der Waals surface area contributed by atoms with Gasteiger partial charge in [-0.1, -0.05) is 20.8 Å². The van der Waals surface area contributed by atoms with E-state index in [4.69, 9.17) is 9.47 Å². The fraction of sp³-hybridized carbons (Fsp3) is 0.667. The molecule has 0 bridgehead atoms. The number of nitrogens with zero attached hydrogens (tertiary/aromatic N) is 1. The van der Waals surface area contributed by atoms with E-state index in [1.807, 2.05) is 19.2 Å². The molecule has 0 aliphatic rings. The van der Waals surface area contributed by atoms with E-state index in [0.29, 0.717) is 25.2 Å². The van der Waals surface area contributed by atoms with Crippen LogP contribution in [0.2, 0.25) is 0 Å². The summed E-state index contributed by atoms with van der Waals surface area (Å²) in [6, 6.07) is 4.28. The van der Waals surface area contributed by atoms with Crippen LogP contribution in [-0.2, 0) is 4.74 Å². The second-order valence-electron chi connectivity index (χ2n) is 4.99. The predicted molar refractivity (Wildman–Crippen MR) is 77.5 cm³/mol. The normalized spacial score (nSPS) is 12.7. The van der Waals surface area contributed by atoms with Gasteiger partial charge in [0.15, 0.2) is 0 Å². The molecule has 108 valence electrons. The summed E-state index contributed by atoms with van der Waals surface area (Å²) >= 11 is 0. The predicted octanol–water partition coefficient (Wildman–Crippen LogP) is 2.80. The lowest BCUT2D eigenvalue weighted by molar-refractivity contribution is 0.0818. The van der Waals surface area contributed by atoms with Crippen molar-refractivity contribution in [2.24, 2.45) is 5.92 Å². The first kappa shape index (κ1) is 15.9. The van der Waals surface area contributed by atoms with E-state index in [0.717, 1.165) is 24.5 Å². The van der Waals surface area contributed by atoms with Crippen molar-refractivity contribution in [1.82, 2.24) is 10.3 Å². The second kappa shape index (κ2) is 8.88. The van der Waals surface area contributed by atoms with E-state index < -0.39 is 0 Å². The molecular weight excluding hydrogens is 240 g/mol. The van der Waals surface area contributed by atoms with Crippen molar-refractivity contribution in [2.45, 2.75) is 33.2 Å². The molecule has 0 spiro atoms. The Bertz CT molecular complexity index is 335. The van der Waals surface area contributed by atoms with E-state index in [9.17, 15) is 0 Å². The van der Waals surface area contributed by atoms with Crippen LogP contribution in [0.25, 0.3) is 0 Å². The first-order valence-corrected chi connectivity index (χ1v) is 7.01. The van der Waals surface area contributed by atoms with Crippen LogP contribution >= 0.6 is 0 Å². The molecule has 0 aliphatic heterocycles. The maximum atomic E-state index is 5.58. The van der Waals surface area contributed by atoms with E-state index >= 15 is 0 Å². The smallest absolute Gasteiger partial charge is 0.137 e. The Morgan fingerprint density at radius 2 is 2.05 bits per heavy atom. The number of pyridine rings is 1. The van der Waals surface area contributed by atoms with Crippen LogP contribution in [0.15, 0.2) is 18.3 Å². The van der Waals surface area contributed by atoms with Gasteiger partial charge in [0.1, 0.15) is 12.4 Å². The SMILES string of the molecule is CCC(NC)c1ccc(OCCOCC(C)C)cn1. The molecular formula is C15H26N2O2. The molecule has 1 aromatic heterocycles. The third kappa shape index (κ3) is 6.03. The largest absolute Gasteiger partial charge is 0.490 e. The van der Waals surface area contributed by atoms with Gasteiger partial charge in [0.25, 0.3) is 0 Å². The summed E-state index contributed by atoms with van der Waals surface area (Å²) in [5.41, 5.74) is 1.05. The monoisotopic (exact) mass is 266 g/mol. The highest BCUT2D eigenvalue weighted by Gasteiger charge is 2.07. The number of aromatic nitrogens is 1. The van der Waals surface area contributed by atoms with Gasteiger partial charge >= 0.3 is 0 Å². The maximum absolute atomic E-state index is 5.58. The molecule has 1 N–H and O–H groups in total. The van der Waals surface area contributed by atoms with Crippen molar-refractivity contribution in [3.63, 3.8) is 0 Å². The van der Waals surface area contributed by atoms with Crippen LogP contribution in [0.5, 0.6) is 5.75 Å². The average molecular weight is 266 g/mol. The van der Waals surface area contributed by atoms with Crippen molar-refractivity contribution >= 4 is 0 Å². The van der Waals surface area contributed by atoms with E-state index in [2.05, 4.69) is 31.1 Å². The molecule has 0 saturated carbocycles. The van der Waals surface area contributed by atoms with Crippen molar-refractivity contribution in [1.29, 1.82) is 0 Å². The number of rotatable bonds is 9. The molecule has 4 heteroatoms. The summed E-state index contributed by atoms with van der Waals surface area (Å²) < 4.78 is 11.0. The van der Waals surface area contributed by atoms with Gasteiger partial charge in [-0.15, -0.1) is 0 Å². The van der Waals surface area contributed by atoms with E-state index in [-0.39, 0.29) is 0 Å². The fourth-order valence-electron chi connectivity index (χ4n) is 1.78. The molecule has 4 nitrogen and oxygen atoms in total. The molecule has 1 rings (SSSR count). The lowest BCUT2D eigenvalue weighted by Crippen LogP contribution is -2.16. The highest BCUT2D eigenvalue weighted by Crippen LogP contribution is 2.16. The van der Waals surface area contributed by atoms with Gasteiger partial charge in [-0.3, -0.25) is 4.98 Å². The third-order valence-electron chi connectivity index (χ3n) is 2.82. The van der Waals surface area contributed by atoms with Crippen molar-refractivity contribution < 1.29 is 9.47 Å². The average Bonchev–Trinajstić information content (AvgIpc) is 2.41. The molecule has 1 atom stereocenters. The molecule has 1 unspecified atom stereocenters. The van der Waals surface area contributed by atoms with Gasteiger partial charge in [0, 0.05) is 12.6 Å². The molecule has 19 heavy (non-hydrogen) atoms. The molecule has 0 fully saturated rings. The lowest BCUT2D eigenvalue weighted by Gasteiger charge is -2.13. The summed E-state index contributed by atoms with van der Waals surface area (Å²) in [5, 5.41) is 3.23. The minimum Gasteiger partial charge on any atom is -0.490 e. The number of ether oxygens (including phenoxy) is 2. The third-order valence-corrected chi connectivity index (χ3v) is 2.82. The van der Waals surface area contributed by atoms with Crippen LogP contribution in [0, 0.1) is 5.92 Å². The molecule has 0 saturated heterocycles. The molecule has 1 aromatic rings. The highest BCUT2D eigenvalue weighted by molar-refractivity contribution is 5.21. The van der Waals surface area contributed by atoms with Gasteiger partial charge in [0.2, 0.25) is 0 Å². The van der Waals surface area contributed by atoms with Gasteiger partial charge in [-0.05, 0) is 31.5 Å². The van der Waals surface area contributed by atoms with Gasteiger partial charge < -0.3 is 14.8 Å². The Morgan fingerprint density at radius 3 is 2.58 bits per heavy atom. The Kier molecular flexibility index (Phi) is 7.45. The Morgan fingerprint density at radius 1 is 1.26 bits per heavy atom. The molecule has 0 aromatic carbocycles. The van der Waals surface area contributed by atoms with Gasteiger partial charge in [-0.2, -0.15) is 0 Å². The Hall–Kier alpha value is -1.13. The van der Waals surface area contributed by atoms with Crippen molar-refractivity contribution in [3.8, 4) is 5.75 Å². The van der Waals surface area contributed by atoms with Gasteiger partial charge in [0.05, 0.1) is 18.5 Å².